The second-order valence-electron chi connectivity index (χ2n) is 4.08. The number of hydrogen-bond acceptors (Lipinski definition) is 3. The predicted octanol–water partition coefficient (Wildman–Crippen LogP) is 2.89. The van der Waals surface area contributed by atoms with Gasteiger partial charge < -0.3 is 5.11 Å². The Kier molecular flexibility index (Phi) is 3.73. The van der Waals surface area contributed by atoms with Crippen molar-refractivity contribution in [3.05, 3.63) is 38.3 Å². The van der Waals surface area contributed by atoms with Crippen LogP contribution in [0.25, 0.3) is 0 Å². The van der Waals surface area contributed by atoms with Gasteiger partial charge in [0.05, 0.1) is 23.0 Å². The van der Waals surface area contributed by atoms with Crippen LogP contribution in [0, 0.1) is 13.8 Å². The predicted molar refractivity (Wildman–Crippen MR) is 71.5 cm³/mol. The van der Waals surface area contributed by atoms with Crippen molar-refractivity contribution in [1.82, 2.24) is 9.78 Å². The number of hydrogen-bond donors (Lipinski definition) is 1. The van der Waals surface area contributed by atoms with Gasteiger partial charge in [0.1, 0.15) is 0 Å². The molecule has 0 aliphatic rings. The summed E-state index contributed by atoms with van der Waals surface area (Å²) in [5.74, 6) is -0.833. The zero-order valence-corrected chi connectivity index (χ0v) is 11.7. The highest BCUT2D eigenvalue weighted by Crippen LogP contribution is 2.23. The lowest BCUT2D eigenvalue weighted by Gasteiger charge is -2.02. The van der Waals surface area contributed by atoms with E-state index in [0.717, 1.165) is 26.2 Å². The Morgan fingerprint density at radius 2 is 2.22 bits per heavy atom. The Bertz CT molecular complexity index is 589. The van der Waals surface area contributed by atoms with Crippen molar-refractivity contribution in [3.8, 4) is 0 Å². The summed E-state index contributed by atoms with van der Waals surface area (Å²) in [7, 11) is 0. The minimum absolute atomic E-state index is 0.0167. The van der Waals surface area contributed by atoms with E-state index in [9.17, 15) is 4.79 Å². The molecule has 0 saturated carbocycles. The van der Waals surface area contributed by atoms with E-state index in [1.807, 2.05) is 30.7 Å². The Balaban J connectivity index is 2.26. The lowest BCUT2D eigenvalue weighted by Crippen LogP contribution is -2.05. The van der Waals surface area contributed by atoms with Gasteiger partial charge in [0.2, 0.25) is 0 Å². The van der Waals surface area contributed by atoms with Crippen LogP contribution in [-0.2, 0) is 17.8 Å². The molecule has 0 radical (unpaired) electrons. The second kappa shape index (κ2) is 5.12. The molecule has 0 saturated heterocycles. The molecule has 0 aliphatic heterocycles. The third-order valence-corrected chi connectivity index (χ3v) is 4.01. The van der Waals surface area contributed by atoms with Crippen molar-refractivity contribution in [2.24, 2.45) is 0 Å². The van der Waals surface area contributed by atoms with Gasteiger partial charge in [0, 0.05) is 16.1 Å². The van der Waals surface area contributed by atoms with Crippen molar-refractivity contribution in [2.75, 3.05) is 0 Å². The maximum atomic E-state index is 10.8. The number of carboxylic acids is 1. The highest BCUT2D eigenvalue weighted by atomic mass is 35.5. The van der Waals surface area contributed by atoms with Gasteiger partial charge in [-0.25, -0.2) is 0 Å². The molecule has 0 atom stereocenters. The maximum Gasteiger partial charge on any atom is 0.307 e. The molecule has 2 rings (SSSR count). The van der Waals surface area contributed by atoms with Gasteiger partial charge in [-0.15, -0.1) is 11.3 Å². The summed E-state index contributed by atoms with van der Waals surface area (Å²) in [6, 6.07) is 3.81. The van der Waals surface area contributed by atoms with Gasteiger partial charge in [-0.3, -0.25) is 9.48 Å². The molecular formula is C12H13ClN2O2S. The van der Waals surface area contributed by atoms with Crippen LogP contribution in [0.15, 0.2) is 12.1 Å². The third kappa shape index (κ3) is 2.73. The number of nitrogens with zero attached hydrogens (tertiary/aromatic N) is 2. The first-order chi connectivity index (χ1) is 8.47. The number of aliphatic carboxylic acids is 1. The van der Waals surface area contributed by atoms with Gasteiger partial charge in [-0.1, -0.05) is 11.6 Å². The first-order valence-corrected chi connectivity index (χ1v) is 6.65. The summed E-state index contributed by atoms with van der Waals surface area (Å²) in [6.45, 7) is 4.36. The minimum Gasteiger partial charge on any atom is -0.481 e. The van der Waals surface area contributed by atoms with Gasteiger partial charge >= 0.3 is 5.97 Å². The van der Waals surface area contributed by atoms with E-state index in [0.29, 0.717) is 6.54 Å². The summed E-state index contributed by atoms with van der Waals surface area (Å²) >= 11 is 7.39. The SMILES string of the molecule is Cc1nn(Cc2ccc(Cl)s2)c(C)c1CC(=O)O. The fourth-order valence-corrected chi connectivity index (χ4v) is 2.95. The molecule has 96 valence electrons. The summed E-state index contributed by atoms with van der Waals surface area (Å²) in [5.41, 5.74) is 2.47. The number of carboxylic acid groups (broad SMARTS) is 1. The maximum absolute atomic E-state index is 10.8. The number of aryl methyl sites for hydroxylation is 1. The van der Waals surface area contributed by atoms with Crippen LogP contribution in [-0.4, -0.2) is 20.9 Å². The molecule has 0 amide bonds. The molecule has 0 aliphatic carbocycles. The lowest BCUT2D eigenvalue weighted by molar-refractivity contribution is -0.136. The first kappa shape index (κ1) is 13.1. The molecule has 2 aromatic heterocycles. The highest BCUT2D eigenvalue weighted by molar-refractivity contribution is 7.16. The lowest BCUT2D eigenvalue weighted by atomic mass is 10.1. The van der Waals surface area contributed by atoms with E-state index in [1.165, 1.54) is 11.3 Å². The van der Waals surface area contributed by atoms with Gasteiger partial charge in [0.25, 0.3) is 0 Å². The smallest absolute Gasteiger partial charge is 0.307 e. The minimum atomic E-state index is -0.833. The van der Waals surface area contributed by atoms with Crippen LogP contribution in [0.5, 0.6) is 0 Å². The Hall–Kier alpha value is -1.33. The Morgan fingerprint density at radius 3 is 2.78 bits per heavy atom. The summed E-state index contributed by atoms with van der Waals surface area (Å²) in [4.78, 5) is 11.9. The average molecular weight is 285 g/mol. The average Bonchev–Trinajstić information content (AvgIpc) is 2.78. The Labute approximate surface area is 114 Å². The molecule has 0 unspecified atom stereocenters. The number of aromatic nitrogens is 2. The van der Waals surface area contributed by atoms with E-state index in [-0.39, 0.29) is 6.42 Å². The summed E-state index contributed by atoms with van der Waals surface area (Å²) in [5, 5.41) is 13.3. The van der Waals surface area contributed by atoms with Crippen molar-refractivity contribution in [2.45, 2.75) is 26.8 Å². The molecule has 1 N–H and O–H groups in total. The second-order valence-corrected chi connectivity index (χ2v) is 5.88. The summed E-state index contributed by atoms with van der Waals surface area (Å²) < 4.78 is 2.58. The molecule has 0 bridgehead atoms. The van der Waals surface area contributed by atoms with E-state index >= 15 is 0 Å². The zero-order chi connectivity index (χ0) is 13.3. The van der Waals surface area contributed by atoms with Crippen LogP contribution in [0.1, 0.15) is 21.8 Å². The van der Waals surface area contributed by atoms with Gasteiger partial charge in [0.15, 0.2) is 0 Å². The van der Waals surface area contributed by atoms with E-state index in [2.05, 4.69) is 5.10 Å². The molecule has 6 heteroatoms. The van der Waals surface area contributed by atoms with Crippen LogP contribution < -0.4 is 0 Å². The van der Waals surface area contributed by atoms with Crippen molar-refractivity contribution >= 4 is 28.9 Å². The van der Waals surface area contributed by atoms with E-state index in [1.54, 1.807) is 0 Å². The molecule has 0 fully saturated rings. The number of halogens is 1. The fraction of sp³-hybridized carbons (Fsp3) is 0.333. The fourth-order valence-electron chi connectivity index (χ4n) is 1.88. The molecule has 2 heterocycles. The number of rotatable bonds is 4. The molecular weight excluding hydrogens is 272 g/mol. The van der Waals surface area contributed by atoms with Crippen LogP contribution in [0.3, 0.4) is 0 Å². The third-order valence-electron chi connectivity index (χ3n) is 2.79. The van der Waals surface area contributed by atoms with Crippen LogP contribution >= 0.6 is 22.9 Å². The molecule has 18 heavy (non-hydrogen) atoms. The van der Waals surface area contributed by atoms with Crippen LogP contribution in [0.4, 0.5) is 0 Å². The molecule has 4 nitrogen and oxygen atoms in total. The highest BCUT2D eigenvalue weighted by Gasteiger charge is 2.14. The first-order valence-electron chi connectivity index (χ1n) is 5.46. The van der Waals surface area contributed by atoms with Crippen molar-refractivity contribution < 1.29 is 9.90 Å². The van der Waals surface area contributed by atoms with E-state index < -0.39 is 5.97 Å². The van der Waals surface area contributed by atoms with E-state index in [4.69, 9.17) is 16.7 Å². The van der Waals surface area contributed by atoms with Crippen LogP contribution in [0.2, 0.25) is 4.34 Å². The zero-order valence-electron chi connectivity index (χ0n) is 10.1. The van der Waals surface area contributed by atoms with Gasteiger partial charge in [-0.2, -0.15) is 5.10 Å². The number of carbonyl (C=O) groups is 1. The molecule has 0 spiro atoms. The largest absolute Gasteiger partial charge is 0.481 e. The summed E-state index contributed by atoms with van der Waals surface area (Å²) in [6.07, 6.45) is 0.0167. The Morgan fingerprint density at radius 1 is 1.50 bits per heavy atom. The molecule has 0 aromatic carbocycles. The van der Waals surface area contributed by atoms with Crippen molar-refractivity contribution in [1.29, 1.82) is 0 Å². The monoisotopic (exact) mass is 284 g/mol. The topological polar surface area (TPSA) is 55.1 Å². The standard InChI is InChI=1S/C12H13ClN2O2S/c1-7-10(5-12(16)17)8(2)15(14-7)6-9-3-4-11(13)18-9/h3-4H,5-6H2,1-2H3,(H,16,17). The quantitative estimate of drug-likeness (QED) is 0.939. The van der Waals surface area contributed by atoms with Gasteiger partial charge in [-0.05, 0) is 26.0 Å². The molecule has 2 aromatic rings. The number of thiophene rings is 1. The normalized spacial score (nSPS) is 10.8. The van der Waals surface area contributed by atoms with Crippen molar-refractivity contribution in [3.63, 3.8) is 0 Å².